The number of aryl methyl sites for hydroxylation is 1. The molecule has 0 aliphatic carbocycles. The molecule has 6 aromatic rings. The molecule has 0 bridgehead atoms. The molecule has 0 saturated carbocycles. The number of ketones is 3. The third-order valence-electron chi connectivity index (χ3n) is 6.95. The topological polar surface area (TPSA) is 161 Å². The lowest BCUT2D eigenvalue weighted by atomic mass is 10.1. The first-order valence-electron chi connectivity index (χ1n) is 16.7. The van der Waals surface area contributed by atoms with Crippen molar-refractivity contribution in [3.05, 3.63) is 156 Å². The summed E-state index contributed by atoms with van der Waals surface area (Å²) in [7, 11) is 2.93. The molecule has 0 spiro atoms. The fraction of sp³-hybridized carbons (Fsp3) is 0.156. The zero-order chi connectivity index (χ0) is 41.3. The summed E-state index contributed by atoms with van der Waals surface area (Å²) in [6, 6.07) is 40.5. The highest BCUT2D eigenvalue weighted by molar-refractivity contribution is 6.35. The second-order valence-electron chi connectivity index (χ2n) is 11.7. The molecule has 0 atom stereocenters. The lowest BCUT2D eigenvalue weighted by Crippen LogP contribution is -2.01. The molecule has 286 valence electrons. The molecule has 0 radical (unpaired) electrons. The number of aromatic hydroxyl groups is 1. The molecule has 55 heavy (non-hydrogen) atoms. The molecular weight excluding hydrogens is 700 g/mol. The Bertz CT molecular complexity index is 2070. The highest BCUT2D eigenvalue weighted by Gasteiger charge is 2.04. The first-order chi connectivity index (χ1) is 26.1. The quantitative estimate of drug-likeness (QED) is 0.0989. The van der Waals surface area contributed by atoms with Crippen molar-refractivity contribution in [3.63, 3.8) is 0 Å². The van der Waals surface area contributed by atoms with Gasteiger partial charge in [0.05, 0.1) is 25.3 Å². The van der Waals surface area contributed by atoms with Crippen molar-refractivity contribution in [2.24, 2.45) is 0 Å². The van der Waals surface area contributed by atoms with Crippen molar-refractivity contribution >= 4 is 57.1 Å². The molecule has 0 saturated heterocycles. The summed E-state index contributed by atoms with van der Waals surface area (Å²) in [5, 5.41) is 22.2. The number of phenols is 1. The van der Waals surface area contributed by atoms with E-state index in [1.807, 2.05) is 31.2 Å². The van der Waals surface area contributed by atoms with Crippen molar-refractivity contribution in [2.45, 2.75) is 34.6 Å². The largest absolute Gasteiger partial charge is 0.508 e. The SMILES string of the molecule is CC(=O)C(C)=O.CC(C)=O.COC(=O)c1ccc(OC)cc1.Cc1ccc(C=O)cc1.O=C(O)c1ccc2cc(O)ccc2c1.c1ccc2ccccc2c1. The summed E-state index contributed by atoms with van der Waals surface area (Å²) in [6.07, 6.45) is 0.847. The summed E-state index contributed by atoms with van der Waals surface area (Å²) in [6.45, 7) is 7.55. The predicted molar refractivity (Wildman–Crippen MR) is 215 cm³/mol. The monoisotopic (exact) mass is 746 g/mol. The van der Waals surface area contributed by atoms with E-state index in [2.05, 4.69) is 53.3 Å². The van der Waals surface area contributed by atoms with Crippen molar-refractivity contribution in [2.75, 3.05) is 14.2 Å². The second kappa shape index (κ2) is 25.1. The smallest absolute Gasteiger partial charge is 0.337 e. The third-order valence-corrected chi connectivity index (χ3v) is 6.95. The number of aromatic carboxylic acids is 1. The zero-order valence-corrected chi connectivity index (χ0v) is 31.9. The van der Waals surface area contributed by atoms with Crippen LogP contribution in [0.3, 0.4) is 0 Å². The van der Waals surface area contributed by atoms with Gasteiger partial charge >= 0.3 is 11.9 Å². The van der Waals surface area contributed by atoms with Crippen molar-refractivity contribution < 1.29 is 48.5 Å². The molecular formula is C45H46O10. The normalized spacial score (nSPS) is 9.22. The van der Waals surface area contributed by atoms with Crippen LogP contribution in [0.2, 0.25) is 0 Å². The predicted octanol–water partition coefficient (Wildman–Crippen LogP) is 9.13. The average molecular weight is 747 g/mol. The van der Waals surface area contributed by atoms with E-state index in [1.165, 1.54) is 63.3 Å². The molecule has 0 fully saturated rings. The summed E-state index contributed by atoms with van der Waals surface area (Å²) in [5.41, 5.74) is 2.70. The van der Waals surface area contributed by atoms with E-state index >= 15 is 0 Å². The van der Waals surface area contributed by atoms with Crippen LogP contribution in [0.15, 0.2) is 133 Å². The van der Waals surface area contributed by atoms with Gasteiger partial charge in [-0.1, -0.05) is 90.5 Å². The Morgan fingerprint density at radius 2 is 1.00 bits per heavy atom. The van der Waals surface area contributed by atoms with Gasteiger partial charge in [0, 0.05) is 19.4 Å². The molecule has 0 amide bonds. The van der Waals surface area contributed by atoms with Gasteiger partial charge in [-0.15, -0.1) is 0 Å². The summed E-state index contributed by atoms with van der Waals surface area (Å²) >= 11 is 0. The molecule has 0 heterocycles. The number of carboxylic acids is 1. The summed E-state index contributed by atoms with van der Waals surface area (Å²) < 4.78 is 9.46. The van der Waals surface area contributed by atoms with E-state index in [1.54, 1.807) is 55.6 Å². The van der Waals surface area contributed by atoms with E-state index < -0.39 is 5.97 Å². The number of carboxylic acid groups (broad SMARTS) is 1. The number of aldehydes is 1. The molecule has 6 aromatic carbocycles. The lowest BCUT2D eigenvalue weighted by Gasteiger charge is -2.00. The zero-order valence-electron chi connectivity index (χ0n) is 31.9. The van der Waals surface area contributed by atoms with Crippen LogP contribution in [0.25, 0.3) is 21.5 Å². The summed E-state index contributed by atoms with van der Waals surface area (Å²) in [5.74, 6) is -0.967. The number of hydrogen-bond acceptors (Lipinski definition) is 9. The Balaban J connectivity index is 0.000000343. The van der Waals surface area contributed by atoms with Gasteiger partial charge in [-0.05, 0) is 90.8 Å². The van der Waals surface area contributed by atoms with E-state index in [0.29, 0.717) is 5.56 Å². The first-order valence-corrected chi connectivity index (χ1v) is 16.7. The summed E-state index contributed by atoms with van der Waals surface area (Å²) in [4.78, 5) is 60.8. The van der Waals surface area contributed by atoms with E-state index in [9.17, 15) is 33.9 Å². The Hall–Kier alpha value is -6.94. The third kappa shape index (κ3) is 18.9. The Morgan fingerprint density at radius 1 is 0.564 bits per heavy atom. The standard InChI is InChI=1S/C11H8O3.C10H8.C9H10O3.C8H8O.C4H6O2.C3H6O/c12-10-4-3-7-5-9(11(13)14)2-1-8(7)6-10;1-2-6-10-8-4-3-7-9(10)5-1;1-11-8-5-3-7(4-6-8)9(10)12-2;1-7-2-4-8(6-9)5-3-7;1-3(5)4(2)6;1-3(2)4/h1-6,12H,(H,13,14);1-8H;3-6H,1-2H3;2-6H,1H3;1-2H3;1-2H3. The van der Waals surface area contributed by atoms with Crippen molar-refractivity contribution in [3.8, 4) is 11.5 Å². The minimum atomic E-state index is -0.944. The molecule has 0 aliphatic rings. The number of fused-ring (bicyclic) bond motifs is 2. The number of Topliss-reactive ketones (excluding diaryl/α,β-unsaturated/α-hetero) is 3. The number of phenolic OH excluding ortho intramolecular Hbond substituents is 1. The fourth-order valence-electron chi connectivity index (χ4n) is 3.99. The number of carbonyl (C=O) groups is 6. The highest BCUT2D eigenvalue weighted by Crippen LogP contribution is 2.21. The molecule has 0 unspecified atom stereocenters. The highest BCUT2D eigenvalue weighted by atomic mass is 16.5. The first kappa shape index (κ1) is 46.1. The van der Waals surface area contributed by atoms with Gasteiger partial charge in [0.25, 0.3) is 0 Å². The van der Waals surface area contributed by atoms with Crippen LogP contribution >= 0.6 is 0 Å². The average Bonchev–Trinajstić information content (AvgIpc) is 3.18. The Labute approximate surface area is 321 Å². The number of ether oxygens (including phenoxy) is 2. The molecule has 2 N–H and O–H groups in total. The lowest BCUT2D eigenvalue weighted by molar-refractivity contribution is -0.134. The maximum Gasteiger partial charge on any atom is 0.337 e. The number of esters is 1. The van der Waals surface area contributed by atoms with Crippen LogP contribution in [-0.2, 0) is 19.1 Å². The van der Waals surface area contributed by atoms with Crippen molar-refractivity contribution in [1.82, 2.24) is 0 Å². The minimum absolute atomic E-state index is 0.167. The van der Waals surface area contributed by atoms with Gasteiger partial charge in [-0.2, -0.15) is 0 Å². The maximum absolute atomic E-state index is 11.0. The number of benzene rings is 6. The number of methoxy groups -OCH3 is 2. The van der Waals surface area contributed by atoms with E-state index in [-0.39, 0.29) is 34.6 Å². The fourth-order valence-corrected chi connectivity index (χ4v) is 3.99. The second-order valence-corrected chi connectivity index (χ2v) is 11.7. The molecule has 0 aromatic heterocycles. The van der Waals surface area contributed by atoms with Gasteiger partial charge < -0.3 is 24.5 Å². The van der Waals surface area contributed by atoms with Gasteiger partial charge in [0.1, 0.15) is 23.6 Å². The van der Waals surface area contributed by atoms with E-state index in [0.717, 1.165) is 28.4 Å². The Morgan fingerprint density at radius 3 is 1.40 bits per heavy atom. The molecule has 0 aliphatic heterocycles. The molecule has 10 nitrogen and oxygen atoms in total. The van der Waals surface area contributed by atoms with Crippen LogP contribution in [0, 0.1) is 6.92 Å². The van der Waals surface area contributed by atoms with Gasteiger partial charge in [-0.3, -0.25) is 14.4 Å². The van der Waals surface area contributed by atoms with Gasteiger partial charge in [0.2, 0.25) is 0 Å². The van der Waals surface area contributed by atoms with Crippen LogP contribution < -0.4 is 4.74 Å². The van der Waals surface area contributed by atoms with Gasteiger partial charge in [0.15, 0.2) is 11.6 Å². The maximum atomic E-state index is 11.0. The molecule has 6 rings (SSSR count). The number of carbonyl (C=O) groups excluding carboxylic acids is 5. The molecule has 10 heteroatoms. The number of hydrogen-bond donors (Lipinski definition) is 2. The number of rotatable bonds is 5. The van der Waals surface area contributed by atoms with Gasteiger partial charge in [-0.25, -0.2) is 9.59 Å². The van der Waals surface area contributed by atoms with Crippen LogP contribution in [0.4, 0.5) is 0 Å². The Kier molecular flexibility index (Phi) is 21.0. The van der Waals surface area contributed by atoms with Crippen molar-refractivity contribution in [1.29, 1.82) is 0 Å². The van der Waals surface area contributed by atoms with Crippen LogP contribution in [0.1, 0.15) is 64.3 Å². The van der Waals surface area contributed by atoms with E-state index in [4.69, 9.17) is 9.84 Å². The minimum Gasteiger partial charge on any atom is -0.508 e. The van der Waals surface area contributed by atoms with Crippen LogP contribution in [-0.4, -0.2) is 60.0 Å². The van der Waals surface area contributed by atoms with Crippen LogP contribution in [0.5, 0.6) is 11.5 Å².